The zero-order chi connectivity index (χ0) is 24.5. The van der Waals surface area contributed by atoms with Gasteiger partial charge in [-0.1, -0.05) is 61.4 Å². The molecule has 1 saturated carbocycles. The van der Waals surface area contributed by atoms with Crippen molar-refractivity contribution in [3.8, 4) is 0 Å². The van der Waals surface area contributed by atoms with Crippen LogP contribution >= 0.6 is 24.0 Å². The molecular formula is C26H25FN4O2S2. The molecule has 35 heavy (non-hydrogen) atoms. The fourth-order valence-electron chi connectivity index (χ4n) is 4.53. The minimum atomic E-state index is -0.337. The Morgan fingerprint density at radius 1 is 1.17 bits per heavy atom. The number of pyridine rings is 1. The number of amides is 1. The van der Waals surface area contributed by atoms with Gasteiger partial charge in [0.25, 0.3) is 11.5 Å². The Morgan fingerprint density at radius 2 is 1.91 bits per heavy atom. The lowest BCUT2D eigenvalue weighted by Crippen LogP contribution is -2.28. The summed E-state index contributed by atoms with van der Waals surface area (Å²) < 4.78 is 15.2. The Kier molecular flexibility index (Phi) is 6.71. The fourth-order valence-corrected chi connectivity index (χ4v) is 5.77. The van der Waals surface area contributed by atoms with Crippen LogP contribution in [0, 0.1) is 12.7 Å². The summed E-state index contributed by atoms with van der Waals surface area (Å²) >= 11 is 6.63. The van der Waals surface area contributed by atoms with Gasteiger partial charge in [-0.3, -0.25) is 18.9 Å². The third kappa shape index (κ3) is 4.88. The number of nitrogens with zero attached hydrogens (tertiary/aromatic N) is 3. The Hall–Kier alpha value is -3.04. The number of aromatic nitrogens is 2. The first-order valence-corrected chi connectivity index (χ1v) is 12.9. The molecule has 6 nitrogen and oxygen atoms in total. The first-order valence-electron chi connectivity index (χ1n) is 11.7. The number of hydrogen-bond donors (Lipinski definition) is 1. The molecule has 2 aromatic heterocycles. The van der Waals surface area contributed by atoms with E-state index in [1.807, 2.05) is 19.1 Å². The van der Waals surface area contributed by atoms with E-state index in [0.717, 1.165) is 48.6 Å². The summed E-state index contributed by atoms with van der Waals surface area (Å²) in [5.74, 6) is -0.113. The molecule has 5 rings (SSSR count). The smallest absolute Gasteiger partial charge is 0.267 e. The minimum Gasteiger partial charge on any atom is -0.367 e. The van der Waals surface area contributed by atoms with E-state index in [-0.39, 0.29) is 29.9 Å². The largest absolute Gasteiger partial charge is 0.367 e. The van der Waals surface area contributed by atoms with Gasteiger partial charge in [-0.25, -0.2) is 9.37 Å². The lowest BCUT2D eigenvalue weighted by molar-refractivity contribution is -0.122. The number of anilines is 1. The van der Waals surface area contributed by atoms with Crippen molar-refractivity contribution in [1.82, 2.24) is 14.3 Å². The standard InChI is InChI=1S/C26H25FN4O2S2/c1-16-6-5-13-30-23(16)29-22(28-19-7-3-2-4-8-19)20(24(30)32)14-21-25(33)31(26(34)35-21)15-17-9-11-18(27)12-10-17/h5-6,9-14,19,28H,2-4,7-8,15H2,1H3. The number of benzene rings is 1. The zero-order valence-corrected chi connectivity index (χ0v) is 20.9. The predicted molar refractivity (Wildman–Crippen MR) is 142 cm³/mol. The van der Waals surface area contributed by atoms with Crippen LogP contribution in [0.25, 0.3) is 11.7 Å². The normalized spacial score (nSPS) is 18.1. The number of carbonyl (C=O) groups excluding carboxylic acids is 1. The average molecular weight is 509 g/mol. The van der Waals surface area contributed by atoms with Gasteiger partial charge in [0.2, 0.25) is 0 Å². The second-order valence-electron chi connectivity index (χ2n) is 8.94. The highest BCUT2D eigenvalue weighted by Crippen LogP contribution is 2.34. The van der Waals surface area contributed by atoms with E-state index in [2.05, 4.69) is 5.32 Å². The van der Waals surface area contributed by atoms with Crippen molar-refractivity contribution in [2.24, 2.45) is 0 Å². The van der Waals surface area contributed by atoms with Gasteiger partial charge in [-0.15, -0.1) is 0 Å². The van der Waals surface area contributed by atoms with Crippen molar-refractivity contribution < 1.29 is 9.18 Å². The summed E-state index contributed by atoms with van der Waals surface area (Å²) in [7, 11) is 0. The fraction of sp³-hybridized carbons (Fsp3) is 0.308. The maximum atomic E-state index is 13.6. The van der Waals surface area contributed by atoms with Crippen molar-refractivity contribution in [2.45, 2.75) is 51.6 Å². The van der Waals surface area contributed by atoms with Crippen molar-refractivity contribution in [3.05, 3.63) is 80.4 Å². The molecule has 3 heterocycles. The Balaban J connectivity index is 1.53. The number of aryl methyl sites for hydroxylation is 1. The van der Waals surface area contributed by atoms with E-state index in [4.69, 9.17) is 17.2 Å². The van der Waals surface area contributed by atoms with Crippen LogP contribution in [0.5, 0.6) is 0 Å². The second-order valence-corrected chi connectivity index (χ2v) is 10.6. The van der Waals surface area contributed by atoms with Crippen molar-refractivity contribution >= 4 is 51.7 Å². The third-order valence-electron chi connectivity index (χ3n) is 6.43. The molecule has 0 radical (unpaired) electrons. The van der Waals surface area contributed by atoms with Gasteiger partial charge in [-0.05, 0) is 55.2 Å². The van der Waals surface area contributed by atoms with Gasteiger partial charge >= 0.3 is 0 Å². The van der Waals surface area contributed by atoms with Crippen molar-refractivity contribution in [2.75, 3.05) is 5.32 Å². The number of fused-ring (bicyclic) bond motifs is 1. The minimum absolute atomic E-state index is 0.235. The highest BCUT2D eigenvalue weighted by molar-refractivity contribution is 8.26. The van der Waals surface area contributed by atoms with E-state index in [9.17, 15) is 14.0 Å². The summed E-state index contributed by atoms with van der Waals surface area (Å²) in [5.41, 5.74) is 2.37. The number of thiocarbonyl (C=S) groups is 1. The molecule has 1 aliphatic carbocycles. The molecule has 0 bridgehead atoms. The van der Waals surface area contributed by atoms with Gasteiger partial charge in [0.15, 0.2) is 0 Å². The van der Waals surface area contributed by atoms with Crippen LogP contribution in [0.15, 0.2) is 52.3 Å². The SMILES string of the molecule is Cc1cccn2c(=O)c(C=C3SC(=S)N(Cc4ccc(F)cc4)C3=O)c(NC3CCCCC3)nc12. The Labute approximate surface area is 212 Å². The van der Waals surface area contributed by atoms with Crippen molar-refractivity contribution in [3.63, 3.8) is 0 Å². The van der Waals surface area contributed by atoms with E-state index in [1.54, 1.807) is 24.4 Å². The molecule has 0 unspecified atom stereocenters. The lowest BCUT2D eigenvalue weighted by Gasteiger charge is -2.24. The molecule has 0 spiro atoms. The third-order valence-corrected chi connectivity index (χ3v) is 7.81. The molecule has 3 aromatic rings. The second kappa shape index (κ2) is 9.91. The molecule has 9 heteroatoms. The summed E-state index contributed by atoms with van der Waals surface area (Å²) in [6.45, 7) is 2.16. The summed E-state index contributed by atoms with van der Waals surface area (Å²) in [6.07, 6.45) is 8.84. The number of halogens is 1. The number of hydrogen-bond acceptors (Lipinski definition) is 6. The van der Waals surface area contributed by atoms with Gasteiger partial charge in [0, 0.05) is 12.2 Å². The van der Waals surface area contributed by atoms with Gasteiger partial charge in [0.05, 0.1) is 17.0 Å². The summed E-state index contributed by atoms with van der Waals surface area (Å²) in [6, 6.07) is 9.95. The number of thioether (sulfide) groups is 1. The topological polar surface area (TPSA) is 66.7 Å². The molecule has 1 aliphatic heterocycles. The van der Waals surface area contributed by atoms with Crippen LogP contribution in [0.1, 0.15) is 48.8 Å². The van der Waals surface area contributed by atoms with Gasteiger partial charge < -0.3 is 5.32 Å². The highest BCUT2D eigenvalue weighted by atomic mass is 32.2. The molecule has 2 aliphatic rings. The quantitative estimate of drug-likeness (QED) is 0.373. The number of carbonyl (C=O) groups is 1. The Morgan fingerprint density at radius 3 is 2.66 bits per heavy atom. The van der Waals surface area contributed by atoms with E-state index < -0.39 is 0 Å². The average Bonchev–Trinajstić information content (AvgIpc) is 3.11. The first-order chi connectivity index (χ1) is 16.9. The maximum absolute atomic E-state index is 13.6. The molecule has 2 fully saturated rings. The molecule has 1 N–H and O–H groups in total. The van der Waals surface area contributed by atoms with Gasteiger partial charge in [0.1, 0.15) is 21.6 Å². The first kappa shape index (κ1) is 23.7. The van der Waals surface area contributed by atoms with Crippen LogP contribution in [0.3, 0.4) is 0 Å². The molecular weight excluding hydrogens is 483 g/mol. The van der Waals surface area contributed by atoms with Crippen LogP contribution < -0.4 is 10.9 Å². The lowest BCUT2D eigenvalue weighted by atomic mass is 9.95. The van der Waals surface area contributed by atoms with E-state index in [0.29, 0.717) is 26.3 Å². The van der Waals surface area contributed by atoms with Crippen LogP contribution in [-0.2, 0) is 11.3 Å². The summed E-state index contributed by atoms with van der Waals surface area (Å²) in [4.78, 5) is 33.5. The summed E-state index contributed by atoms with van der Waals surface area (Å²) in [5, 5.41) is 3.49. The molecule has 1 saturated heterocycles. The van der Waals surface area contributed by atoms with E-state index >= 15 is 0 Å². The predicted octanol–water partition coefficient (Wildman–Crippen LogP) is 5.29. The molecule has 180 valence electrons. The number of nitrogens with one attached hydrogen (secondary N) is 1. The van der Waals surface area contributed by atoms with E-state index in [1.165, 1.54) is 27.9 Å². The Bertz CT molecular complexity index is 1390. The molecule has 1 aromatic carbocycles. The molecule has 0 atom stereocenters. The zero-order valence-electron chi connectivity index (χ0n) is 19.3. The monoisotopic (exact) mass is 508 g/mol. The van der Waals surface area contributed by atoms with Crippen LogP contribution in [0.2, 0.25) is 0 Å². The van der Waals surface area contributed by atoms with Crippen LogP contribution in [-0.4, -0.2) is 30.6 Å². The van der Waals surface area contributed by atoms with Gasteiger partial charge in [-0.2, -0.15) is 0 Å². The maximum Gasteiger partial charge on any atom is 0.267 e. The molecule has 1 amide bonds. The van der Waals surface area contributed by atoms with Crippen molar-refractivity contribution in [1.29, 1.82) is 0 Å². The van der Waals surface area contributed by atoms with Crippen LogP contribution in [0.4, 0.5) is 10.2 Å². The highest BCUT2D eigenvalue weighted by Gasteiger charge is 2.33. The number of rotatable bonds is 5.